The van der Waals surface area contributed by atoms with E-state index in [9.17, 15) is 4.39 Å². The lowest BCUT2D eigenvalue weighted by molar-refractivity contribution is 0.184. The number of halogens is 1. The molecule has 0 saturated carbocycles. The fourth-order valence-electron chi connectivity index (χ4n) is 4.07. The first-order valence-corrected chi connectivity index (χ1v) is 11.1. The van der Waals surface area contributed by atoms with E-state index in [1.54, 1.807) is 29.8 Å². The van der Waals surface area contributed by atoms with Crippen molar-refractivity contribution in [2.75, 3.05) is 0 Å². The number of aryl methyl sites for hydroxylation is 1. The molecule has 0 bridgehead atoms. The van der Waals surface area contributed by atoms with Gasteiger partial charge < -0.3 is 0 Å². The van der Waals surface area contributed by atoms with Crippen molar-refractivity contribution in [2.24, 2.45) is 21.6 Å². The zero-order valence-corrected chi connectivity index (χ0v) is 18.3. The first-order valence-electron chi connectivity index (χ1n) is 10.3. The molecule has 0 aliphatic heterocycles. The number of fused-ring (bicyclic) bond motifs is 3. The lowest BCUT2D eigenvalue weighted by Crippen LogP contribution is -2.28. The zero-order chi connectivity index (χ0) is 20.6. The average Bonchev–Trinajstić information content (AvgIpc) is 3.11. The molecular weight excluding hydrogens is 383 g/mol. The number of hydrogen-bond acceptors (Lipinski definition) is 5. The maximum atomic E-state index is 13.2. The summed E-state index contributed by atoms with van der Waals surface area (Å²) in [6.07, 6.45) is 6.14. The van der Waals surface area contributed by atoms with Gasteiger partial charge in [-0.1, -0.05) is 39.3 Å². The van der Waals surface area contributed by atoms with Crippen molar-refractivity contribution < 1.29 is 4.39 Å². The number of benzene rings is 1. The van der Waals surface area contributed by atoms with Crippen LogP contribution in [0.3, 0.4) is 0 Å². The molecule has 4 nitrogen and oxygen atoms in total. The van der Waals surface area contributed by atoms with Crippen LogP contribution in [0.2, 0.25) is 0 Å². The van der Waals surface area contributed by atoms with E-state index in [0.717, 1.165) is 28.6 Å². The molecule has 3 aromatic rings. The van der Waals surface area contributed by atoms with Crippen LogP contribution in [0, 0.1) is 17.2 Å². The van der Waals surface area contributed by atoms with Gasteiger partial charge >= 0.3 is 0 Å². The molecule has 152 valence electrons. The summed E-state index contributed by atoms with van der Waals surface area (Å²) in [5.41, 5.74) is 2.62. The van der Waals surface area contributed by atoms with Gasteiger partial charge in [0.05, 0.1) is 11.4 Å². The average molecular weight is 411 g/mol. The second-order valence-electron chi connectivity index (χ2n) is 8.61. The van der Waals surface area contributed by atoms with Gasteiger partial charge in [-0.3, -0.25) is 0 Å². The minimum Gasteiger partial charge on any atom is -0.225 e. The van der Waals surface area contributed by atoms with Gasteiger partial charge in [-0.2, -0.15) is 5.11 Å². The van der Waals surface area contributed by atoms with Crippen LogP contribution >= 0.6 is 11.3 Å². The number of rotatable bonds is 5. The van der Waals surface area contributed by atoms with E-state index in [1.165, 1.54) is 35.4 Å². The number of hydrogen-bond donors (Lipinski definition) is 0. The Hall–Kier alpha value is -2.21. The third kappa shape index (κ3) is 3.95. The van der Waals surface area contributed by atoms with E-state index in [4.69, 9.17) is 0 Å². The zero-order valence-electron chi connectivity index (χ0n) is 17.4. The summed E-state index contributed by atoms with van der Waals surface area (Å²) in [4.78, 5) is 11.4. The Morgan fingerprint density at radius 3 is 2.72 bits per heavy atom. The highest BCUT2D eigenvalue weighted by Gasteiger charge is 2.33. The highest BCUT2D eigenvalue weighted by molar-refractivity contribution is 7.18. The van der Waals surface area contributed by atoms with Crippen LogP contribution in [-0.2, 0) is 12.8 Å². The lowest BCUT2D eigenvalue weighted by Gasteiger charge is -2.36. The third-order valence-electron chi connectivity index (χ3n) is 6.52. The molecule has 0 amide bonds. The maximum absolute atomic E-state index is 13.2. The third-order valence-corrected chi connectivity index (χ3v) is 7.72. The Labute approximate surface area is 175 Å². The molecule has 2 heterocycles. The molecule has 29 heavy (non-hydrogen) atoms. The molecule has 0 spiro atoms. The molecule has 6 heteroatoms. The molecule has 0 N–H and O–H groups in total. The number of aromatic nitrogens is 2. The molecule has 2 aromatic heterocycles. The van der Waals surface area contributed by atoms with Gasteiger partial charge in [0.2, 0.25) is 0 Å². The van der Waals surface area contributed by atoms with Crippen LogP contribution in [0.5, 0.6) is 0 Å². The van der Waals surface area contributed by atoms with E-state index in [0.29, 0.717) is 17.2 Å². The largest absolute Gasteiger partial charge is 0.225 e. The summed E-state index contributed by atoms with van der Waals surface area (Å²) in [6, 6.07) is 6.24. The van der Waals surface area contributed by atoms with Gasteiger partial charge in [0.25, 0.3) is 0 Å². The Kier molecular flexibility index (Phi) is 5.47. The van der Waals surface area contributed by atoms with E-state index in [2.05, 4.69) is 41.0 Å². The van der Waals surface area contributed by atoms with Crippen molar-refractivity contribution in [2.45, 2.75) is 59.4 Å². The molecule has 0 fully saturated rings. The number of azo groups is 1. The molecule has 0 saturated heterocycles. The summed E-state index contributed by atoms with van der Waals surface area (Å²) in [7, 11) is 0. The molecule has 1 aromatic carbocycles. The minimum atomic E-state index is -0.246. The number of nitrogens with zero attached hydrogens (tertiary/aromatic N) is 4. The van der Waals surface area contributed by atoms with E-state index < -0.39 is 0 Å². The Balaban J connectivity index is 1.68. The second kappa shape index (κ2) is 7.90. The summed E-state index contributed by atoms with van der Waals surface area (Å²) >= 11 is 1.77. The number of thiophene rings is 1. The van der Waals surface area contributed by atoms with Gasteiger partial charge in [-0.25, -0.2) is 14.4 Å². The van der Waals surface area contributed by atoms with Gasteiger partial charge in [-0.15, -0.1) is 16.5 Å². The maximum Gasteiger partial charge on any atom is 0.186 e. The van der Waals surface area contributed by atoms with Crippen molar-refractivity contribution in [1.29, 1.82) is 0 Å². The SMILES string of the molecule is CCC(C)(C)C1CCc2sc3ncnc(N=NC(C)c4ccc(F)cc4)c3c2C1. The first kappa shape index (κ1) is 20.1. The van der Waals surface area contributed by atoms with Crippen molar-refractivity contribution in [1.82, 2.24) is 9.97 Å². The molecule has 1 aliphatic rings. The van der Waals surface area contributed by atoms with Crippen LogP contribution < -0.4 is 0 Å². The van der Waals surface area contributed by atoms with Crippen LogP contribution in [-0.4, -0.2) is 9.97 Å². The van der Waals surface area contributed by atoms with Crippen molar-refractivity contribution in [3.8, 4) is 0 Å². The highest BCUT2D eigenvalue weighted by Crippen LogP contribution is 2.46. The van der Waals surface area contributed by atoms with Crippen LogP contribution in [0.25, 0.3) is 10.2 Å². The quantitative estimate of drug-likeness (QED) is 0.417. The van der Waals surface area contributed by atoms with Gasteiger partial charge in [0.1, 0.15) is 17.0 Å². The Bertz CT molecular complexity index is 1040. The minimum absolute atomic E-state index is 0.165. The van der Waals surface area contributed by atoms with E-state index >= 15 is 0 Å². The predicted octanol–water partition coefficient (Wildman–Crippen LogP) is 7.22. The molecule has 1 aliphatic carbocycles. The first-order chi connectivity index (χ1) is 13.9. The fourth-order valence-corrected chi connectivity index (χ4v) is 5.25. The predicted molar refractivity (Wildman–Crippen MR) is 116 cm³/mol. The molecule has 0 radical (unpaired) electrons. The molecular formula is C23H27FN4S. The Morgan fingerprint density at radius 2 is 2.00 bits per heavy atom. The van der Waals surface area contributed by atoms with Crippen molar-refractivity contribution in [3.05, 3.63) is 52.4 Å². The fraction of sp³-hybridized carbons (Fsp3) is 0.478. The second-order valence-corrected chi connectivity index (χ2v) is 9.69. The lowest BCUT2D eigenvalue weighted by atomic mass is 9.69. The summed E-state index contributed by atoms with van der Waals surface area (Å²) in [5.74, 6) is 1.06. The summed E-state index contributed by atoms with van der Waals surface area (Å²) in [6.45, 7) is 8.98. The standard InChI is InChI=1S/C23H27FN4S/c1-5-23(3,4)16-8-11-19-18(12-16)20-21(25-13-26-22(20)29-19)28-27-14(2)15-6-9-17(24)10-7-15/h6-7,9-10,13-14,16H,5,8,11-12H2,1-4H3. The van der Waals surface area contributed by atoms with Gasteiger partial charge in [0.15, 0.2) is 5.82 Å². The van der Waals surface area contributed by atoms with Gasteiger partial charge in [0, 0.05) is 4.88 Å². The van der Waals surface area contributed by atoms with Crippen molar-refractivity contribution >= 4 is 27.4 Å². The van der Waals surface area contributed by atoms with Crippen LogP contribution in [0.1, 0.15) is 62.6 Å². The normalized spacial score (nSPS) is 18.3. The Morgan fingerprint density at radius 1 is 1.24 bits per heavy atom. The molecule has 2 atom stereocenters. The van der Waals surface area contributed by atoms with Crippen LogP contribution in [0.4, 0.5) is 10.2 Å². The summed E-state index contributed by atoms with van der Waals surface area (Å²) in [5, 5.41) is 10.1. The van der Waals surface area contributed by atoms with Crippen molar-refractivity contribution in [3.63, 3.8) is 0 Å². The van der Waals surface area contributed by atoms with E-state index in [-0.39, 0.29) is 11.9 Å². The van der Waals surface area contributed by atoms with Crippen LogP contribution in [0.15, 0.2) is 40.8 Å². The monoisotopic (exact) mass is 410 g/mol. The van der Waals surface area contributed by atoms with E-state index in [1.807, 2.05) is 6.92 Å². The molecule has 2 unspecified atom stereocenters. The molecule has 4 rings (SSSR count). The summed E-state index contributed by atoms with van der Waals surface area (Å²) < 4.78 is 13.2. The smallest absolute Gasteiger partial charge is 0.186 e. The van der Waals surface area contributed by atoms with Gasteiger partial charge in [-0.05, 0) is 60.8 Å². The topological polar surface area (TPSA) is 50.5 Å². The highest BCUT2D eigenvalue weighted by atomic mass is 32.1.